The summed E-state index contributed by atoms with van der Waals surface area (Å²) in [5.41, 5.74) is 2.88. The van der Waals surface area contributed by atoms with Crippen molar-refractivity contribution in [3.63, 3.8) is 0 Å². The highest BCUT2D eigenvalue weighted by Gasteiger charge is 2.52. The summed E-state index contributed by atoms with van der Waals surface area (Å²) in [6.45, 7) is -1.37. The van der Waals surface area contributed by atoms with E-state index in [0.29, 0.717) is 16.8 Å². The van der Waals surface area contributed by atoms with E-state index in [9.17, 15) is 8.78 Å². The van der Waals surface area contributed by atoms with E-state index in [2.05, 4.69) is 15.0 Å². The van der Waals surface area contributed by atoms with Crippen molar-refractivity contribution >= 4 is 22.7 Å². The normalized spacial score (nSPS) is 27.2. The Morgan fingerprint density at radius 3 is 3.00 bits per heavy atom. The molecule has 1 saturated heterocycles. The van der Waals surface area contributed by atoms with Crippen LogP contribution in [0.3, 0.4) is 0 Å². The number of aliphatic imine (C=N–C) groups is 1. The second-order valence-electron chi connectivity index (χ2n) is 7.63. The van der Waals surface area contributed by atoms with Crippen LogP contribution in [0.4, 0.5) is 8.78 Å². The molecule has 0 aromatic carbocycles. The van der Waals surface area contributed by atoms with Crippen molar-refractivity contribution in [2.45, 2.75) is 38.3 Å². The molecule has 3 aliphatic rings. The first-order valence-corrected chi connectivity index (χ1v) is 10.3. The van der Waals surface area contributed by atoms with Gasteiger partial charge in [0.1, 0.15) is 0 Å². The van der Waals surface area contributed by atoms with Crippen molar-refractivity contribution in [2.75, 3.05) is 20.2 Å². The number of hydrogen-bond donors (Lipinski definition) is 0. The number of thiazole rings is 1. The topological polar surface area (TPSA) is 55.5 Å². The third-order valence-corrected chi connectivity index (χ3v) is 6.96. The molecule has 2 atom stereocenters. The molecular weight excluding hydrogens is 384 g/mol. The molecule has 9 heteroatoms. The van der Waals surface area contributed by atoms with Crippen LogP contribution in [0.25, 0.3) is 5.57 Å². The Morgan fingerprint density at radius 1 is 1.39 bits per heavy atom. The molecule has 2 aliphatic heterocycles. The molecule has 1 aliphatic carbocycles. The van der Waals surface area contributed by atoms with Gasteiger partial charge < -0.3 is 9.64 Å². The summed E-state index contributed by atoms with van der Waals surface area (Å²) in [6.07, 6.45) is 9.08. The van der Waals surface area contributed by atoms with Gasteiger partial charge in [-0.2, -0.15) is 13.9 Å². The van der Waals surface area contributed by atoms with Crippen LogP contribution >= 0.6 is 11.3 Å². The minimum absolute atomic E-state index is 0.0381. The van der Waals surface area contributed by atoms with E-state index in [1.807, 2.05) is 5.38 Å². The number of hydrogen-bond acceptors (Lipinski definition) is 6. The van der Waals surface area contributed by atoms with Crippen LogP contribution in [0.5, 0.6) is 0 Å². The van der Waals surface area contributed by atoms with Gasteiger partial charge in [0.15, 0.2) is 10.8 Å². The number of ether oxygens (including phenoxy) is 1. The number of fused-ring (bicyclic) bond motifs is 1. The first-order valence-electron chi connectivity index (χ1n) is 9.41. The molecule has 2 fully saturated rings. The number of methoxy groups -OCH3 is 1. The van der Waals surface area contributed by atoms with Crippen LogP contribution in [-0.4, -0.2) is 51.8 Å². The van der Waals surface area contributed by atoms with Gasteiger partial charge in [0.2, 0.25) is 0 Å². The molecule has 0 bridgehead atoms. The first kappa shape index (κ1) is 17.9. The van der Waals surface area contributed by atoms with Gasteiger partial charge in [0, 0.05) is 53.7 Å². The molecule has 1 spiro atoms. The summed E-state index contributed by atoms with van der Waals surface area (Å²) in [7, 11) is 1.78. The summed E-state index contributed by atoms with van der Waals surface area (Å²) >= 11 is 1.57. The number of aromatic nitrogens is 3. The summed E-state index contributed by atoms with van der Waals surface area (Å²) in [6, 6.07) is 0. The van der Waals surface area contributed by atoms with E-state index in [1.54, 1.807) is 24.6 Å². The Morgan fingerprint density at radius 2 is 2.29 bits per heavy atom. The lowest BCUT2D eigenvalue weighted by Crippen LogP contribution is -2.38. The third kappa shape index (κ3) is 2.71. The summed E-state index contributed by atoms with van der Waals surface area (Å²) < 4.78 is 32.6. The van der Waals surface area contributed by atoms with Crippen LogP contribution in [0.2, 0.25) is 0 Å². The number of amidine groups is 1. The highest BCUT2D eigenvalue weighted by molar-refractivity contribution is 7.11. The monoisotopic (exact) mass is 405 g/mol. The molecule has 1 saturated carbocycles. The molecule has 2 aromatic heterocycles. The lowest BCUT2D eigenvalue weighted by atomic mass is 9.82. The van der Waals surface area contributed by atoms with Crippen molar-refractivity contribution < 1.29 is 13.5 Å². The van der Waals surface area contributed by atoms with Gasteiger partial charge in [-0.15, -0.1) is 11.3 Å². The lowest BCUT2D eigenvalue weighted by Gasteiger charge is -2.30. The maximum atomic E-state index is 13.0. The van der Waals surface area contributed by atoms with Crippen LogP contribution in [-0.2, 0) is 4.74 Å². The van der Waals surface area contributed by atoms with Crippen molar-refractivity contribution in [1.29, 1.82) is 0 Å². The summed E-state index contributed by atoms with van der Waals surface area (Å²) in [5, 5.41) is 6.66. The smallest absolute Gasteiger partial charge is 0.333 e. The zero-order valence-electron chi connectivity index (χ0n) is 15.5. The van der Waals surface area contributed by atoms with E-state index in [1.165, 1.54) is 12.4 Å². The van der Waals surface area contributed by atoms with Gasteiger partial charge in [0.25, 0.3) is 0 Å². The van der Waals surface area contributed by atoms with E-state index >= 15 is 0 Å². The van der Waals surface area contributed by atoms with E-state index in [4.69, 9.17) is 9.73 Å². The maximum Gasteiger partial charge on any atom is 0.333 e. The second-order valence-corrected chi connectivity index (χ2v) is 8.53. The van der Waals surface area contributed by atoms with Crippen molar-refractivity contribution in [1.82, 2.24) is 19.7 Å². The predicted molar refractivity (Wildman–Crippen MR) is 102 cm³/mol. The molecule has 0 radical (unpaired) electrons. The largest absolute Gasteiger partial charge is 0.381 e. The summed E-state index contributed by atoms with van der Waals surface area (Å²) in [4.78, 5) is 11.5. The standard InChI is InChI=1S/C19H21F2N5OS/c1-27-15-3-2-4-19(15)7-14-13(12-8-24-26(10-12)18(20)21)9-23-16(25(14)11-19)17-22-5-6-28-17/h5-6,8,10,15,18H,2-4,7,9,11H2,1H3. The minimum atomic E-state index is -2.64. The van der Waals surface area contributed by atoms with E-state index in [-0.39, 0.29) is 11.5 Å². The zero-order chi connectivity index (χ0) is 19.3. The van der Waals surface area contributed by atoms with Gasteiger partial charge in [-0.3, -0.25) is 4.99 Å². The van der Waals surface area contributed by atoms with E-state index in [0.717, 1.165) is 54.3 Å². The number of rotatable bonds is 4. The minimum Gasteiger partial charge on any atom is -0.381 e. The van der Waals surface area contributed by atoms with Crippen molar-refractivity contribution in [3.05, 3.63) is 40.2 Å². The average Bonchev–Trinajstić information content (AvgIpc) is 3.47. The van der Waals surface area contributed by atoms with Gasteiger partial charge in [-0.1, -0.05) is 6.42 Å². The number of alkyl halides is 2. The van der Waals surface area contributed by atoms with Crippen molar-refractivity contribution in [3.8, 4) is 0 Å². The Hall–Kier alpha value is -2.13. The molecule has 0 amide bonds. The predicted octanol–water partition coefficient (Wildman–Crippen LogP) is 3.80. The van der Waals surface area contributed by atoms with Gasteiger partial charge in [0.05, 0.1) is 18.8 Å². The van der Waals surface area contributed by atoms with E-state index < -0.39 is 6.55 Å². The number of allylic oxidation sites excluding steroid dienone is 1. The highest BCUT2D eigenvalue weighted by Crippen LogP contribution is 2.53. The van der Waals surface area contributed by atoms with Crippen LogP contribution in [0.15, 0.2) is 34.7 Å². The summed E-state index contributed by atoms with van der Waals surface area (Å²) in [5.74, 6) is 0.883. The molecule has 2 aromatic rings. The molecular formula is C19H21F2N5OS. The van der Waals surface area contributed by atoms with Gasteiger partial charge >= 0.3 is 6.55 Å². The molecule has 5 rings (SSSR count). The van der Waals surface area contributed by atoms with Crippen LogP contribution < -0.4 is 0 Å². The van der Waals surface area contributed by atoms with Gasteiger partial charge in [-0.25, -0.2) is 9.67 Å². The fourth-order valence-corrected chi connectivity index (χ4v) is 5.58. The fraction of sp³-hybridized carbons (Fsp3) is 0.526. The SMILES string of the molecule is COC1CCCC12CC1=C(c3cnn(C(F)F)c3)CN=C(c3nccs3)N1C2. The Bertz CT molecular complexity index is 938. The highest BCUT2D eigenvalue weighted by atomic mass is 32.1. The Labute approximate surface area is 165 Å². The molecule has 148 valence electrons. The van der Waals surface area contributed by atoms with Crippen molar-refractivity contribution in [2.24, 2.45) is 10.4 Å². The average molecular weight is 405 g/mol. The Kier molecular flexibility index (Phi) is 4.31. The Balaban J connectivity index is 1.58. The van der Waals surface area contributed by atoms with Crippen LogP contribution in [0.1, 0.15) is 42.8 Å². The first-order chi connectivity index (χ1) is 13.6. The fourth-order valence-electron chi connectivity index (χ4n) is 4.93. The zero-order valence-corrected chi connectivity index (χ0v) is 16.3. The molecule has 28 heavy (non-hydrogen) atoms. The second kappa shape index (κ2) is 6.73. The maximum absolute atomic E-state index is 13.0. The molecule has 0 N–H and O–H groups in total. The van der Waals surface area contributed by atoms with Crippen LogP contribution in [0, 0.1) is 5.41 Å². The van der Waals surface area contributed by atoms with Gasteiger partial charge in [-0.05, 0) is 19.3 Å². The number of halogens is 2. The molecule has 4 heterocycles. The molecule has 2 unspecified atom stereocenters. The third-order valence-electron chi connectivity index (χ3n) is 6.19. The molecule has 6 nitrogen and oxygen atoms in total. The quantitative estimate of drug-likeness (QED) is 0.777. The number of nitrogens with zero attached hydrogens (tertiary/aromatic N) is 5. The lowest BCUT2D eigenvalue weighted by molar-refractivity contribution is 0.0187.